The van der Waals surface area contributed by atoms with Crippen LogP contribution in [0.15, 0.2) is 6.07 Å². The largest absolute Gasteiger partial charge is 0.380 e. The summed E-state index contributed by atoms with van der Waals surface area (Å²) in [6, 6.07) is 2.07. The van der Waals surface area contributed by atoms with Gasteiger partial charge in [0.05, 0.1) is 6.10 Å². The highest BCUT2D eigenvalue weighted by molar-refractivity contribution is 5.92. The molecule has 1 saturated heterocycles. The Morgan fingerprint density at radius 3 is 2.76 bits per heavy atom. The van der Waals surface area contributed by atoms with Crippen LogP contribution in [0.25, 0.3) is 0 Å². The van der Waals surface area contributed by atoms with Crippen LogP contribution in [-0.4, -0.2) is 72.1 Å². The van der Waals surface area contributed by atoms with Crippen molar-refractivity contribution in [3.05, 3.63) is 23.3 Å². The number of amides is 1. The van der Waals surface area contributed by atoms with Gasteiger partial charge >= 0.3 is 0 Å². The number of methoxy groups -OCH3 is 1. The maximum Gasteiger partial charge on any atom is 0.272 e. The van der Waals surface area contributed by atoms with Gasteiger partial charge in [0.1, 0.15) is 11.5 Å². The average Bonchev–Trinajstić information content (AvgIpc) is 2.77. The molecule has 0 aromatic carbocycles. The smallest absolute Gasteiger partial charge is 0.272 e. The Hall–Kier alpha value is -1.53. The number of likely N-dealkylation sites (N-methyl/N-ethyl adjacent to an activating group) is 2. The molecular weight excluding hydrogens is 268 g/mol. The molecular formula is C15H24N4O2. The van der Waals surface area contributed by atoms with E-state index in [9.17, 15) is 4.79 Å². The second-order valence-corrected chi connectivity index (χ2v) is 5.81. The molecule has 1 aromatic rings. The number of hydrogen-bond acceptors (Lipinski definition) is 5. The first-order valence-corrected chi connectivity index (χ1v) is 7.21. The van der Waals surface area contributed by atoms with Crippen LogP contribution in [0.4, 0.5) is 0 Å². The van der Waals surface area contributed by atoms with Crippen molar-refractivity contribution in [3.63, 3.8) is 0 Å². The van der Waals surface area contributed by atoms with Gasteiger partial charge in [-0.1, -0.05) is 0 Å². The quantitative estimate of drug-likeness (QED) is 0.824. The third-order valence-electron chi connectivity index (χ3n) is 4.00. The number of aromatic nitrogens is 2. The van der Waals surface area contributed by atoms with Crippen molar-refractivity contribution in [3.8, 4) is 0 Å². The summed E-state index contributed by atoms with van der Waals surface area (Å²) in [7, 11) is 5.63. The topological polar surface area (TPSA) is 58.6 Å². The lowest BCUT2D eigenvalue weighted by Gasteiger charge is -2.25. The van der Waals surface area contributed by atoms with Gasteiger partial charge in [0.15, 0.2) is 0 Å². The minimum Gasteiger partial charge on any atom is -0.380 e. The monoisotopic (exact) mass is 292 g/mol. The molecule has 6 nitrogen and oxygen atoms in total. The van der Waals surface area contributed by atoms with Crippen LogP contribution in [0.5, 0.6) is 0 Å². The molecule has 0 radical (unpaired) electrons. The van der Waals surface area contributed by atoms with Crippen molar-refractivity contribution in [1.82, 2.24) is 19.8 Å². The maximum absolute atomic E-state index is 12.5. The molecule has 21 heavy (non-hydrogen) atoms. The zero-order valence-corrected chi connectivity index (χ0v) is 13.5. The van der Waals surface area contributed by atoms with Crippen molar-refractivity contribution in [2.24, 2.45) is 0 Å². The van der Waals surface area contributed by atoms with Crippen LogP contribution in [0.2, 0.25) is 0 Å². The normalized spacial score (nSPS) is 22.5. The summed E-state index contributed by atoms with van der Waals surface area (Å²) in [4.78, 5) is 24.9. The SMILES string of the molecule is CO[C@H]1C[C@@H](CN(C)C(=O)c2cc(C)nc(C)n2)N(C)C1. The molecule has 1 aliphatic heterocycles. The Bertz CT molecular complexity index is 500. The van der Waals surface area contributed by atoms with Crippen LogP contribution in [0.1, 0.15) is 28.4 Å². The summed E-state index contributed by atoms with van der Waals surface area (Å²) in [5.41, 5.74) is 1.28. The first-order chi connectivity index (χ1) is 9.90. The molecule has 1 aliphatic rings. The minimum atomic E-state index is -0.0575. The lowest BCUT2D eigenvalue weighted by molar-refractivity contribution is 0.0754. The average molecular weight is 292 g/mol. The van der Waals surface area contributed by atoms with Crippen LogP contribution in [-0.2, 0) is 4.74 Å². The first kappa shape index (κ1) is 15.9. The van der Waals surface area contributed by atoms with E-state index >= 15 is 0 Å². The summed E-state index contributed by atoms with van der Waals surface area (Å²) in [6.07, 6.45) is 1.21. The number of nitrogens with zero attached hydrogens (tertiary/aromatic N) is 4. The van der Waals surface area contributed by atoms with Gasteiger partial charge in [-0.05, 0) is 33.4 Å². The van der Waals surface area contributed by atoms with E-state index in [2.05, 4.69) is 21.9 Å². The highest BCUT2D eigenvalue weighted by Gasteiger charge is 2.31. The van der Waals surface area contributed by atoms with Crippen LogP contribution in [0.3, 0.4) is 0 Å². The molecule has 2 rings (SSSR count). The molecule has 2 heterocycles. The fourth-order valence-corrected chi connectivity index (χ4v) is 2.83. The van der Waals surface area contributed by atoms with E-state index in [0.717, 1.165) is 18.7 Å². The molecule has 0 N–H and O–H groups in total. The molecule has 0 saturated carbocycles. The fourth-order valence-electron chi connectivity index (χ4n) is 2.83. The Balaban J connectivity index is 2.03. The molecule has 1 amide bonds. The second-order valence-electron chi connectivity index (χ2n) is 5.81. The van der Waals surface area contributed by atoms with E-state index in [1.165, 1.54) is 0 Å². The van der Waals surface area contributed by atoms with E-state index in [-0.39, 0.29) is 12.0 Å². The zero-order valence-electron chi connectivity index (χ0n) is 13.5. The molecule has 0 unspecified atom stereocenters. The number of carbonyl (C=O) groups excluding carboxylic acids is 1. The third kappa shape index (κ3) is 3.77. The van der Waals surface area contributed by atoms with Crippen LogP contribution >= 0.6 is 0 Å². The van der Waals surface area contributed by atoms with Gasteiger partial charge in [-0.25, -0.2) is 9.97 Å². The fraction of sp³-hybridized carbons (Fsp3) is 0.667. The number of rotatable bonds is 4. The van der Waals surface area contributed by atoms with E-state index in [1.54, 1.807) is 25.0 Å². The summed E-state index contributed by atoms with van der Waals surface area (Å²) < 4.78 is 5.40. The van der Waals surface area contributed by atoms with Crippen molar-refractivity contribution in [2.45, 2.75) is 32.4 Å². The molecule has 116 valence electrons. The highest BCUT2D eigenvalue weighted by atomic mass is 16.5. The van der Waals surface area contributed by atoms with Gasteiger partial charge in [0.2, 0.25) is 0 Å². The number of ether oxygens (including phenoxy) is 1. The maximum atomic E-state index is 12.5. The summed E-state index contributed by atoms with van der Waals surface area (Å²) in [5.74, 6) is 0.571. The number of aryl methyl sites for hydroxylation is 2. The molecule has 1 aromatic heterocycles. The van der Waals surface area contributed by atoms with Gasteiger partial charge in [-0.15, -0.1) is 0 Å². The summed E-state index contributed by atoms with van der Waals surface area (Å²) in [5, 5.41) is 0. The lowest BCUT2D eigenvalue weighted by atomic mass is 10.2. The Morgan fingerprint density at radius 1 is 1.48 bits per heavy atom. The predicted molar refractivity (Wildman–Crippen MR) is 80.3 cm³/mol. The second kappa shape index (κ2) is 6.49. The van der Waals surface area contributed by atoms with Gasteiger partial charge in [-0.2, -0.15) is 0 Å². The van der Waals surface area contributed by atoms with Crippen molar-refractivity contribution in [2.75, 3.05) is 34.3 Å². The molecule has 0 bridgehead atoms. The van der Waals surface area contributed by atoms with Gasteiger partial charge in [0.25, 0.3) is 5.91 Å². The minimum absolute atomic E-state index is 0.0575. The molecule has 0 aliphatic carbocycles. The Labute approximate surface area is 126 Å². The van der Waals surface area contributed by atoms with E-state index in [0.29, 0.717) is 24.1 Å². The lowest BCUT2D eigenvalue weighted by Crippen LogP contribution is -2.39. The number of hydrogen-bond donors (Lipinski definition) is 0. The standard InChI is InChI=1S/C15H24N4O2/c1-10-6-14(17-11(2)16-10)15(20)19(4)8-12-7-13(21-5)9-18(12)3/h6,12-13H,7-9H2,1-5H3/t12-,13-/m0/s1. The first-order valence-electron chi connectivity index (χ1n) is 7.21. The molecule has 0 spiro atoms. The Morgan fingerprint density at radius 2 is 2.19 bits per heavy atom. The molecule has 2 atom stereocenters. The number of carbonyl (C=O) groups is 1. The van der Waals surface area contributed by atoms with E-state index < -0.39 is 0 Å². The highest BCUT2D eigenvalue weighted by Crippen LogP contribution is 2.19. The van der Waals surface area contributed by atoms with E-state index in [4.69, 9.17) is 4.74 Å². The van der Waals surface area contributed by atoms with Gasteiger partial charge in [-0.3, -0.25) is 9.69 Å². The van der Waals surface area contributed by atoms with Crippen molar-refractivity contribution >= 4 is 5.91 Å². The number of likely N-dealkylation sites (tertiary alicyclic amines) is 1. The van der Waals surface area contributed by atoms with E-state index in [1.807, 2.05) is 14.0 Å². The van der Waals surface area contributed by atoms with Crippen LogP contribution < -0.4 is 0 Å². The third-order valence-corrected chi connectivity index (χ3v) is 4.00. The zero-order chi connectivity index (χ0) is 15.6. The summed E-state index contributed by atoms with van der Waals surface area (Å²) >= 11 is 0. The predicted octanol–water partition coefficient (Wildman–Crippen LogP) is 0.885. The van der Waals surface area contributed by atoms with Crippen LogP contribution in [0, 0.1) is 13.8 Å². The van der Waals surface area contributed by atoms with Gasteiger partial charge < -0.3 is 9.64 Å². The Kier molecular flexibility index (Phi) is 4.90. The molecule has 6 heteroatoms. The van der Waals surface area contributed by atoms with Gasteiger partial charge in [0, 0.05) is 39.0 Å². The molecule has 1 fully saturated rings. The summed E-state index contributed by atoms with van der Waals surface area (Å²) in [6.45, 7) is 5.27. The van der Waals surface area contributed by atoms with Crippen molar-refractivity contribution < 1.29 is 9.53 Å². The van der Waals surface area contributed by atoms with Crippen molar-refractivity contribution in [1.29, 1.82) is 0 Å².